The summed E-state index contributed by atoms with van der Waals surface area (Å²) in [5.74, 6) is 0. The minimum atomic E-state index is -0.483. The summed E-state index contributed by atoms with van der Waals surface area (Å²) in [4.78, 5) is 14.2. The first-order chi connectivity index (χ1) is 10.1. The second-order valence-corrected chi connectivity index (χ2v) is 4.14. The van der Waals surface area contributed by atoms with Gasteiger partial charge in [0.2, 0.25) is 0 Å². The van der Waals surface area contributed by atoms with Crippen molar-refractivity contribution in [1.29, 1.82) is 10.5 Å². The molecule has 0 aliphatic rings. The van der Waals surface area contributed by atoms with E-state index in [1.165, 1.54) is 23.0 Å². The molecule has 1 aromatic heterocycles. The van der Waals surface area contributed by atoms with Crippen LogP contribution in [0.1, 0.15) is 17.0 Å². The van der Waals surface area contributed by atoms with Gasteiger partial charge in [-0.2, -0.15) is 10.5 Å². The number of nitro groups is 1. The van der Waals surface area contributed by atoms with E-state index in [1.54, 1.807) is 13.1 Å². The van der Waals surface area contributed by atoms with Gasteiger partial charge >= 0.3 is 0 Å². The standard InChI is InChI=1S/C13H10N6O2/c1-16-11-3-2-10(19(20)21)4-9(11)7-18-8-17-12(5-14)13(18)6-15/h2-4,8,16H,7H2,1H3. The van der Waals surface area contributed by atoms with E-state index >= 15 is 0 Å². The van der Waals surface area contributed by atoms with Gasteiger partial charge in [-0.15, -0.1) is 0 Å². The normalized spacial score (nSPS) is 9.67. The summed E-state index contributed by atoms with van der Waals surface area (Å²) in [5, 5.41) is 31.7. The largest absolute Gasteiger partial charge is 0.388 e. The predicted molar refractivity (Wildman–Crippen MR) is 73.4 cm³/mol. The number of nitriles is 2. The molecule has 1 heterocycles. The fourth-order valence-electron chi connectivity index (χ4n) is 1.95. The van der Waals surface area contributed by atoms with Crippen molar-refractivity contribution < 1.29 is 4.92 Å². The molecular weight excluding hydrogens is 272 g/mol. The van der Waals surface area contributed by atoms with Crippen molar-refractivity contribution in [2.75, 3.05) is 12.4 Å². The van der Waals surface area contributed by atoms with E-state index in [1.807, 2.05) is 12.1 Å². The molecule has 0 atom stereocenters. The number of hydrogen-bond acceptors (Lipinski definition) is 6. The van der Waals surface area contributed by atoms with Crippen LogP contribution in [0.4, 0.5) is 11.4 Å². The Bertz CT molecular complexity index is 781. The second kappa shape index (κ2) is 5.72. The lowest BCUT2D eigenvalue weighted by Crippen LogP contribution is -2.05. The minimum absolute atomic E-state index is 0.0361. The lowest BCUT2D eigenvalue weighted by Gasteiger charge is -2.10. The fourth-order valence-corrected chi connectivity index (χ4v) is 1.95. The maximum Gasteiger partial charge on any atom is 0.269 e. The van der Waals surface area contributed by atoms with E-state index < -0.39 is 4.92 Å². The summed E-state index contributed by atoms with van der Waals surface area (Å²) in [5.41, 5.74) is 1.46. The van der Waals surface area contributed by atoms with Crippen molar-refractivity contribution in [3.8, 4) is 12.1 Å². The Morgan fingerprint density at radius 3 is 2.76 bits per heavy atom. The van der Waals surface area contributed by atoms with Crippen molar-refractivity contribution in [3.63, 3.8) is 0 Å². The van der Waals surface area contributed by atoms with Gasteiger partial charge in [-0.1, -0.05) is 0 Å². The third-order valence-electron chi connectivity index (χ3n) is 2.96. The van der Waals surface area contributed by atoms with Gasteiger partial charge in [0, 0.05) is 30.4 Å². The number of aromatic nitrogens is 2. The van der Waals surface area contributed by atoms with E-state index in [2.05, 4.69) is 10.3 Å². The Balaban J connectivity index is 2.46. The van der Waals surface area contributed by atoms with Crippen molar-refractivity contribution in [1.82, 2.24) is 9.55 Å². The third kappa shape index (κ3) is 2.65. The Morgan fingerprint density at radius 1 is 1.43 bits per heavy atom. The number of benzene rings is 1. The Kier molecular flexibility index (Phi) is 3.82. The van der Waals surface area contributed by atoms with Gasteiger partial charge in [0.25, 0.3) is 5.69 Å². The molecule has 0 amide bonds. The van der Waals surface area contributed by atoms with Crippen LogP contribution in [0.2, 0.25) is 0 Å². The number of non-ortho nitro benzene ring substituents is 1. The number of nitro benzene ring substituents is 1. The van der Waals surface area contributed by atoms with Gasteiger partial charge in [0.1, 0.15) is 12.1 Å². The molecule has 0 aliphatic heterocycles. The van der Waals surface area contributed by atoms with Crippen molar-refractivity contribution in [2.24, 2.45) is 0 Å². The molecule has 1 N–H and O–H groups in total. The zero-order valence-corrected chi connectivity index (χ0v) is 11.1. The smallest absolute Gasteiger partial charge is 0.269 e. The number of nitrogens with zero attached hydrogens (tertiary/aromatic N) is 5. The van der Waals surface area contributed by atoms with Crippen LogP contribution in [-0.4, -0.2) is 21.5 Å². The summed E-state index contributed by atoms with van der Waals surface area (Å²) in [6.07, 6.45) is 1.37. The molecule has 104 valence electrons. The number of hydrogen-bond donors (Lipinski definition) is 1. The zero-order chi connectivity index (χ0) is 15.4. The van der Waals surface area contributed by atoms with Gasteiger partial charge in [0.05, 0.1) is 17.8 Å². The molecular formula is C13H10N6O2. The topological polar surface area (TPSA) is 121 Å². The van der Waals surface area contributed by atoms with E-state index in [4.69, 9.17) is 10.5 Å². The van der Waals surface area contributed by atoms with Crippen molar-refractivity contribution in [3.05, 3.63) is 51.6 Å². The molecule has 2 rings (SSSR count). The molecule has 21 heavy (non-hydrogen) atoms. The average Bonchev–Trinajstić information content (AvgIpc) is 2.88. The monoisotopic (exact) mass is 282 g/mol. The van der Waals surface area contributed by atoms with Crippen LogP contribution in [0.15, 0.2) is 24.5 Å². The summed E-state index contributed by atoms with van der Waals surface area (Å²) in [6, 6.07) is 8.17. The predicted octanol–water partition coefficient (Wildman–Crippen LogP) is 1.62. The van der Waals surface area contributed by atoms with Crippen LogP contribution in [-0.2, 0) is 6.54 Å². The summed E-state index contributed by atoms with van der Waals surface area (Å²) >= 11 is 0. The van der Waals surface area contributed by atoms with E-state index in [-0.39, 0.29) is 23.6 Å². The van der Waals surface area contributed by atoms with Crippen LogP contribution in [0.5, 0.6) is 0 Å². The summed E-state index contributed by atoms with van der Waals surface area (Å²) in [7, 11) is 1.70. The molecule has 8 heteroatoms. The molecule has 0 saturated heterocycles. The summed E-state index contributed by atoms with van der Waals surface area (Å²) in [6.45, 7) is 0.204. The molecule has 0 radical (unpaired) electrons. The number of anilines is 1. The molecule has 0 spiro atoms. The lowest BCUT2D eigenvalue weighted by molar-refractivity contribution is -0.384. The maximum absolute atomic E-state index is 10.8. The first-order valence-corrected chi connectivity index (χ1v) is 5.91. The molecule has 0 saturated carbocycles. The molecule has 2 aromatic rings. The molecule has 0 unspecified atom stereocenters. The molecule has 1 aromatic carbocycles. The van der Waals surface area contributed by atoms with E-state index in [0.29, 0.717) is 11.3 Å². The van der Waals surface area contributed by atoms with Gasteiger partial charge in [-0.25, -0.2) is 4.98 Å². The highest BCUT2D eigenvalue weighted by Crippen LogP contribution is 2.23. The Morgan fingerprint density at radius 2 is 2.19 bits per heavy atom. The maximum atomic E-state index is 10.8. The molecule has 0 aliphatic carbocycles. The van der Waals surface area contributed by atoms with Gasteiger partial charge in [-0.05, 0) is 6.07 Å². The highest BCUT2D eigenvalue weighted by Gasteiger charge is 2.14. The minimum Gasteiger partial charge on any atom is -0.388 e. The zero-order valence-electron chi connectivity index (χ0n) is 11.1. The quantitative estimate of drug-likeness (QED) is 0.671. The van der Waals surface area contributed by atoms with Crippen molar-refractivity contribution in [2.45, 2.75) is 6.54 Å². The van der Waals surface area contributed by atoms with Gasteiger partial charge < -0.3 is 9.88 Å². The lowest BCUT2D eigenvalue weighted by atomic mass is 10.1. The highest BCUT2D eigenvalue weighted by molar-refractivity contribution is 5.56. The van der Waals surface area contributed by atoms with Gasteiger partial charge in [-0.3, -0.25) is 10.1 Å². The fraction of sp³-hybridized carbons (Fsp3) is 0.154. The van der Waals surface area contributed by atoms with E-state index in [0.717, 1.165) is 0 Å². The van der Waals surface area contributed by atoms with Crippen LogP contribution in [0.3, 0.4) is 0 Å². The average molecular weight is 282 g/mol. The van der Waals surface area contributed by atoms with E-state index in [9.17, 15) is 10.1 Å². The van der Waals surface area contributed by atoms with Crippen LogP contribution in [0.25, 0.3) is 0 Å². The highest BCUT2D eigenvalue weighted by atomic mass is 16.6. The third-order valence-corrected chi connectivity index (χ3v) is 2.96. The first kappa shape index (κ1) is 14.0. The van der Waals surface area contributed by atoms with Gasteiger partial charge in [0.15, 0.2) is 11.4 Å². The second-order valence-electron chi connectivity index (χ2n) is 4.14. The number of nitrogens with one attached hydrogen (secondary N) is 1. The Hall–Kier alpha value is -3.39. The van der Waals surface area contributed by atoms with Crippen molar-refractivity contribution >= 4 is 11.4 Å². The van der Waals surface area contributed by atoms with Crippen LogP contribution >= 0.6 is 0 Å². The molecule has 0 bridgehead atoms. The molecule has 8 nitrogen and oxygen atoms in total. The number of rotatable bonds is 4. The molecule has 0 fully saturated rings. The van der Waals surface area contributed by atoms with Crippen LogP contribution in [0, 0.1) is 32.8 Å². The SMILES string of the molecule is CNc1ccc([N+](=O)[O-])cc1Cn1cnc(C#N)c1C#N. The Labute approximate surface area is 120 Å². The number of imidazole rings is 1. The van der Waals surface area contributed by atoms with Crippen LogP contribution < -0.4 is 5.32 Å². The summed E-state index contributed by atoms with van der Waals surface area (Å²) < 4.78 is 1.48. The first-order valence-electron chi connectivity index (χ1n) is 5.91.